The van der Waals surface area contributed by atoms with Crippen molar-refractivity contribution in [3.63, 3.8) is 0 Å². The molecule has 1 aromatic carbocycles. The molecule has 2 N–H and O–H groups in total. The number of H-pyrrole nitrogens is 1. The second-order valence-electron chi connectivity index (χ2n) is 7.00. The second-order valence-corrected chi connectivity index (χ2v) is 7.00. The number of nitrogens with one attached hydrogen (secondary N) is 2. The van der Waals surface area contributed by atoms with Crippen molar-refractivity contribution in [2.24, 2.45) is 0 Å². The van der Waals surface area contributed by atoms with Gasteiger partial charge in [-0.25, -0.2) is 0 Å². The normalized spacial score (nSPS) is 16.8. The van der Waals surface area contributed by atoms with Gasteiger partial charge in [-0.3, -0.25) is 9.48 Å². The van der Waals surface area contributed by atoms with Crippen LogP contribution in [0.5, 0.6) is 11.5 Å². The lowest BCUT2D eigenvalue weighted by molar-refractivity contribution is 0.0932. The van der Waals surface area contributed by atoms with Crippen molar-refractivity contribution >= 4 is 16.8 Å². The highest BCUT2D eigenvalue weighted by Gasteiger charge is 2.26. The van der Waals surface area contributed by atoms with Crippen LogP contribution in [-0.4, -0.2) is 39.4 Å². The summed E-state index contributed by atoms with van der Waals surface area (Å²) in [5.41, 5.74) is 2.43. The first-order chi connectivity index (χ1) is 13.0. The van der Waals surface area contributed by atoms with Gasteiger partial charge in [0.15, 0.2) is 0 Å². The Labute approximate surface area is 157 Å². The van der Waals surface area contributed by atoms with Gasteiger partial charge in [0.2, 0.25) is 0 Å². The van der Waals surface area contributed by atoms with E-state index in [0.29, 0.717) is 18.8 Å². The second kappa shape index (κ2) is 6.98. The van der Waals surface area contributed by atoms with Gasteiger partial charge in [0, 0.05) is 35.8 Å². The summed E-state index contributed by atoms with van der Waals surface area (Å²) < 4.78 is 13.6. The fourth-order valence-electron chi connectivity index (χ4n) is 3.56. The van der Waals surface area contributed by atoms with Gasteiger partial charge in [-0.2, -0.15) is 5.10 Å². The number of carbonyl (C=O) groups is 1. The topological polar surface area (TPSA) is 81.2 Å². The lowest BCUT2D eigenvalue weighted by Crippen LogP contribution is -2.35. The van der Waals surface area contributed by atoms with E-state index in [-0.39, 0.29) is 18.1 Å². The summed E-state index contributed by atoms with van der Waals surface area (Å²) in [6.45, 7) is 7.13. The zero-order valence-corrected chi connectivity index (χ0v) is 15.8. The number of carbonyl (C=O) groups excluding carboxylic acids is 1. The maximum absolute atomic E-state index is 12.7. The fraction of sp³-hybridized carbons (Fsp3) is 0.400. The molecule has 1 amide bonds. The number of ether oxygens (including phenoxy) is 2. The number of aromatic amines is 1. The van der Waals surface area contributed by atoms with Crippen LogP contribution in [0.4, 0.5) is 0 Å². The van der Waals surface area contributed by atoms with Gasteiger partial charge in [0.1, 0.15) is 23.3 Å². The van der Waals surface area contributed by atoms with E-state index in [2.05, 4.69) is 15.4 Å². The van der Waals surface area contributed by atoms with Gasteiger partial charge >= 0.3 is 0 Å². The first-order valence-electron chi connectivity index (χ1n) is 9.31. The van der Waals surface area contributed by atoms with Crippen LogP contribution in [0.15, 0.2) is 30.6 Å². The van der Waals surface area contributed by atoms with Crippen molar-refractivity contribution in [1.29, 1.82) is 0 Å². The third-order valence-corrected chi connectivity index (χ3v) is 4.68. The molecule has 0 bridgehead atoms. The molecular weight excluding hydrogens is 344 g/mol. The zero-order chi connectivity index (χ0) is 19.0. The Balaban J connectivity index is 1.61. The molecule has 1 aliphatic heterocycles. The quantitative estimate of drug-likeness (QED) is 0.701. The van der Waals surface area contributed by atoms with Crippen LogP contribution in [0.3, 0.4) is 0 Å². The van der Waals surface area contributed by atoms with Crippen molar-refractivity contribution in [1.82, 2.24) is 20.1 Å². The highest BCUT2D eigenvalue weighted by molar-refractivity contribution is 6.02. The van der Waals surface area contributed by atoms with Crippen molar-refractivity contribution in [3.05, 3.63) is 41.9 Å². The molecule has 4 rings (SSSR count). The largest absolute Gasteiger partial charge is 0.493 e. The Morgan fingerprint density at radius 2 is 2.37 bits per heavy atom. The number of fused-ring (bicyclic) bond motifs is 3. The van der Waals surface area contributed by atoms with Gasteiger partial charge in [-0.1, -0.05) is 0 Å². The third-order valence-electron chi connectivity index (χ3n) is 4.68. The maximum atomic E-state index is 12.7. The molecule has 0 saturated carbocycles. The smallest absolute Gasteiger partial charge is 0.268 e. The summed E-state index contributed by atoms with van der Waals surface area (Å²) in [7, 11) is 0. The molecule has 0 spiro atoms. The molecule has 3 heterocycles. The Hall–Kier alpha value is -2.96. The van der Waals surface area contributed by atoms with E-state index in [1.807, 2.05) is 45.2 Å². The number of nitrogens with zero attached hydrogens (tertiary/aromatic N) is 2. The van der Waals surface area contributed by atoms with E-state index in [1.54, 1.807) is 10.9 Å². The van der Waals surface area contributed by atoms with Crippen LogP contribution in [0.1, 0.15) is 36.8 Å². The SMILES string of the molecule is CCOc1cc2c(c3[nH]c(C(=O)N[C@H](C)Cn4cccn4)cc13)O[C@H](C)C2. The van der Waals surface area contributed by atoms with Crippen LogP contribution in [0, 0.1) is 0 Å². The maximum Gasteiger partial charge on any atom is 0.268 e. The molecule has 7 heteroatoms. The molecule has 142 valence electrons. The van der Waals surface area contributed by atoms with Crippen LogP contribution < -0.4 is 14.8 Å². The Morgan fingerprint density at radius 1 is 1.52 bits per heavy atom. The molecule has 0 fully saturated rings. The summed E-state index contributed by atoms with van der Waals surface area (Å²) >= 11 is 0. The van der Waals surface area contributed by atoms with Crippen LogP contribution in [0.2, 0.25) is 0 Å². The molecule has 2 atom stereocenters. The van der Waals surface area contributed by atoms with E-state index in [0.717, 1.165) is 34.4 Å². The summed E-state index contributed by atoms with van der Waals surface area (Å²) in [5.74, 6) is 1.45. The molecule has 3 aromatic rings. The third kappa shape index (κ3) is 3.37. The van der Waals surface area contributed by atoms with Crippen molar-refractivity contribution < 1.29 is 14.3 Å². The van der Waals surface area contributed by atoms with Gasteiger partial charge in [-0.05, 0) is 39.0 Å². The van der Waals surface area contributed by atoms with Gasteiger partial charge < -0.3 is 19.8 Å². The zero-order valence-electron chi connectivity index (χ0n) is 15.8. The Morgan fingerprint density at radius 3 is 3.11 bits per heavy atom. The molecule has 2 aromatic heterocycles. The Kier molecular flexibility index (Phi) is 4.51. The highest BCUT2D eigenvalue weighted by atomic mass is 16.5. The minimum atomic E-state index is -0.159. The summed E-state index contributed by atoms with van der Waals surface area (Å²) in [6.07, 6.45) is 4.56. The molecule has 0 unspecified atom stereocenters. The van der Waals surface area contributed by atoms with E-state index in [9.17, 15) is 4.79 Å². The molecule has 0 radical (unpaired) electrons. The molecule has 27 heavy (non-hydrogen) atoms. The standard InChI is InChI=1S/C20H24N4O3/c1-4-26-17-9-14-8-13(3)27-19(14)18-15(17)10-16(23-18)20(25)22-12(2)11-24-7-5-6-21-24/h5-7,9-10,12-13,23H,4,8,11H2,1-3H3,(H,22,25)/t12-,13-/m1/s1. The number of benzene rings is 1. The fourth-order valence-corrected chi connectivity index (χ4v) is 3.56. The predicted octanol–water partition coefficient (Wildman–Crippen LogP) is 2.91. The number of rotatable bonds is 6. The molecule has 0 saturated heterocycles. The molecular formula is C20H24N4O3. The Bertz CT molecular complexity index is 961. The van der Waals surface area contributed by atoms with Gasteiger partial charge in [0.25, 0.3) is 5.91 Å². The summed E-state index contributed by atoms with van der Waals surface area (Å²) in [5, 5.41) is 8.05. The van der Waals surface area contributed by atoms with Gasteiger partial charge in [0.05, 0.1) is 18.7 Å². The van der Waals surface area contributed by atoms with Crippen molar-refractivity contribution in [2.45, 2.75) is 45.9 Å². The van der Waals surface area contributed by atoms with E-state index >= 15 is 0 Å². The highest BCUT2D eigenvalue weighted by Crippen LogP contribution is 2.41. The number of hydrogen-bond acceptors (Lipinski definition) is 4. The minimum absolute atomic E-state index is 0.0582. The first kappa shape index (κ1) is 17.5. The number of hydrogen-bond donors (Lipinski definition) is 2. The molecule has 7 nitrogen and oxygen atoms in total. The van der Waals surface area contributed by atoms with Crippen LogP contribution in [0.25, 0.3) is 10.9 Å². The first-order valence-corrected chi connectivity index (χ1v) is 9.31. The summed E-state index contributed by atoms with van der Waals surface area (Å²) in [6, 6.07) is 5.67. The average Bonchev–Trinajstić information content (AvgIpc) is 3.33. The van der Waals surface area contributed by atoms with Crippen LogP contribution >= 0.6 is 0 Å². The number of amides is 1. The van der Waals surface area contributed by atoms with Crippen LogP contribution in [-0.2, 0) is 13.0 Å². The number of aromatic nitrogens is 3. The van der Waals surface area contributed by atoms with Crippen molar-refractivity contribution in [2.75, 3.05) is 6.61 Å². The van der Waals surface area contributed by atoms with Crippen molar-refractivity contribution in [3.8, 4) is 11.5 Å². The molecule has 0 aliphatic carbocycles. The van der Waals surface area contributed by atoms with E-state index in [1.165, 1.54) is 0 Å². The van der Waals surface area contributed by atoms with E-state index < -0.39 is 0 Å². The monoisotopic (exact) mass is 368 g/mol. The molecule has 1 aliphatic rings. The lowest BCUT2D eigenvalue weighted by Gasteiger charge is -2.13. The minimum Gasteiger partial charge on any atom is -0.493 e. The predicted molar refractivity (Wildman–Crippen MR) is 102 cm³/mol. The van der Waals surface area contributed by atoms with Gasteiger partial charge in [-0.15, -0.1) is 0 Å². The lowest BCUT2D eigenvalue weighted by atomic mass is 10.1. The summed E-state index contributed by atoms with van der Waals surface area (Å²) in [4.78, 5) is 16.0. The van der Waals surface area contributed by atoms with E-state index in [4.69, 9.17) is 9.47 Å². The average molecular weight is 368 g/mol.